The topological polar surface area (TPSA) is 0 Å². The van der Waals surface area contributed by atoms with Gasteiger partial charge in [-0.25, -0.2) is 0 Å². The minimum absolute atomic E-state index is 0.0687. The van der Waals surface area contributed by atoms with Gasteiger partial charge in [0.2, 0.25) is 0 Å². The van der Waals surface area contributed by atoms with Crippen LogP contribution in [0.25, 0.3) is 0 Å². The molecule has 0 N–H and O–H groups in total. The number of rotatable bonds is 3. The second-order valence-electron chi connectivity index (χ2n) is 21.6. The van der Waals surface area contributed by atoms with E-state index in [0.29, 0.717) is 11.6 Å². The second kappa shape index (κ2) is 30.1. The van der Waals surface area contributed by atoms with Gasteiger partial charge in [0.25, 0.3) is 0 Å². The fraction of sp³-hybridized carbons (Fsp3) is 0.373. The van der Waals surface area contributed by atoms with Crippen LogP contribution in [0.1, 0.15) is 118 Å². The molecule has 0 bridgehead atoms. The molecule has 0 fully saturated rings. The summed E-state index contributed by atoms with van der Waals surface area (Å²) in [6.07, 6.45) is -9.02. The number of benzene rings is 7. The summed E-state index contributed by atoms with van der Waals surface area (Å²) in [6.45, 7) is 16.4. The van der Waals surface area contributed by atoms with Crippen LogP contribution in [0.3, 0.4) is 0 Å². The SMILES string of the molecule is Cc1ccc([Si](C)(C)C)cc1.Cc1cccc([Si](C)(C)C)c1.Cc1ccccc1[Si](C)(C)C.[2H]C([2H])([2H])c1cc(C([2H])([2H])[2H])c(C)c(C([2H])([2H])[2H])c1.[2H]C([2H])([2H])c1cc(C)cc(C(F)(F)F)c1.[2H]C([2H])([2H])c1ccc(C)c(C([2H])([2H])[2H])c1.[2H]C([2H])([2H])c1cccc(C(F)(F)F)c1C. The van der Waals surface area contributed by atoms with E-state index < -0.39 is 95.7 Å². The third-order valence-corrected chi connectivity index (χ3v) is 17.7. The van der Waals surface area contributed by atoms with E-state index in [1.54, 1.807) is 22.5 Å². The summed E-state index contributed by atoms with van der Waals surface area (Å²) >= 11 is 0. The van der Waals surface area contributed by atoms with Gasteiger partial charge in [0.05, 0.1) is 35.3 Å². The zero-order valence-corrected chi connectivity index (χ0v) is 50.0. The Morgan fingerprint density at radius 3 is 1.25 bits per heavy atom. The Balaban J connectivity index is 0.000000570. The maximum atomic E-state index is 12.4. The largest absolute Gasteiger partial charge is 0.416 e. The van der Waals surface area contributed by atoms with E-state index in [1.165, 1.54) is 67.8 Å². The van der Waals surface area contributed by atoms with Gasteiger partial charge in [-0.3, -0.25) is 0 Å². The Bertz CT molecular complexity index is 3530. The second-order valence-corrected chi connectivity index (χ2v) is 36.8. The maximum Gasteiger partial charge on any atom is 0.416 e. The Kier molecular flexibility index (Phi) is 16.2. The Labute approximate surface area is 490 Å². The average molecular weight is 1120 g/mol. The first-order chi connectivity index (χ1) is 43.1. The monoisotopic (exact) mass is 1120 g/mol. The van der Waals surface area contributed by atoms with Gasteiger partial charge >= 0.3 is 12.4 Å². The summed E-state index contributed by atoms with van der Waals surface area (Å²) in [7, 11) is -3.20. The lowest BCUT2D eigenvalue weighted by molar-refractivity contribution is -0.138. The van der Waals surface area contributed by atoms with Gasteiger partial charge in [0.15, 0.2) is 0 Å². The molecule has 0 amide bonds. The van der Waals surface area contributed by atoms with E-state index in [4.69, 9.17) is 28.8 Å². The predicted molar refractivity (Wildman–Crippen MR) is 330 cm³/mol. The molecule has 0 radical (unpaired) electrons. The van der Waals surface area contributed by atoms with Crippen molar-refractivity contribution in [3.8, 4) is 0 Å². The van der Waals surface area contributed by atoms with Crippen molar-refractivity contribution in [3.63, 3.8) is 0 Å². The average Bonchev–Trinajstić information content (AvgIpc) is 0.780. The number of alkyl halides is 6. The van der Waals surface area contributed by atoms with Crippen LogP contribution in [0.5, 0.6) is 0 Å². The van der Waals surface area contributed by atoms with Crippen molar-refractivity contribution in [2.24, 2.45) is 0 Å². The standard InChI is InChI=1S/3C10H16Si.C10H14.2C9H9F3.C9H12/c1-9-5-7-10(8-6-9)11(2,3)4;1-9-6-5-7-10(8-9)11(2,3)4;1-9-7-5-6-8-10(9)11(2,3)4;1-7-5-8(2)10(4)9(3)6-7;1-6-3-7(2)5-8(4-6)9(10,11)12;1-6-4-3-5-8(7(6)2)9(10,11)12;1-7-4-5-8(2)9(3)6-7/h3*5-8H,1-4H3;5-6H,1-4H3;2*3-5H,1-2H3;4-6H,1-3H3/i;;;1D3,2D3,3D3;2*1D3;1D3,3D3. The van der Waals surface area contributed by atoms with Gasteiger partial charge in [0.1, 0.15) is 0 Å². The van der Waals surface area contributed by atoms with Crippen LogP contribution in [-0.2, 0) is 12.4 Å². The molecule has 76 heavy (non-hydrogen) atoms. The van der Waals surface area contributed by atoms with Gasteiger partial charge in [0, 0.05) is 28.8 Å². The van der Waals surface area contributed by atoms with Crippen molar-refractivity contribution in [2.45, 2.75) is 168 Å². The molecule has 414 valence electrons. The van der Waals surface area contributed by atoms with Gasteiger partial charge < -0.3 is 0 Å². The molecule has 9 heteroatoms. The Morgan fingerprint density at radius 2 is 0.803 bits per heavy atom. The maximum absolute atomic E-state index is 12.4. The van der Waals surface area contributed by atoms with Gasteiger partial charge in [-0.2, -0.15) is 26.3 Å². The first kappa shape index (κ1) is 40.9. The first-order valence-electron chi connectivity index (χ1n) is 35.0. The van der Waals surface area contributed by atoms with Crippen molar-refractivity contribution in [1.29, 1.82) is 0 Å². The van der Waals surface area contributed by atoms with Crippen LogP contribution in [0.4, 0.5) is 26.3 Å². The van der Waals surface area contributed by atoms with Crippen LogP contribution in [-0.4, -0.2) is 24.2 Å². The van der Waals surface area contributed by atoms with E-state index in [-0.39, 0.29) is 55.6 Å². The lowest BCUT2D eigenvalue weighted by Crippen LogP contribution is -2.39. The lowest BCUT2D eigenvalue weighted by Gasteiger charge is -2.18. The number of hydrogen-bond acceptors (Lipinski definition) is 0. The molecule has 0 aliphatic heterocycles. The minimum atomic E-state index is -4.51. The van der Waals surface area contributed by atoms with Crippen LogP contribution >= 0.6 is 0 Å². The molecule has 0 nitrogen and oxygen atoms in total. The first-order valence-corrected chi connectivity index (χ1v) is 35.0. The summed E-state index contributed by atoms with van der Waals surface area (Å²) in [5.74, 6) is 0. The highest BCUT2D eigenvalue weighted by molar-refractivity contribution is 6.89. The summed E-state index contributed by atoms with van der Waals surface area (Å²) in [4.78, 5) is 0. The zero-order valence-electron chi connectivity index (χ0n) is 68.0. The van der Waals surface area contributed by atoms with Crippen molar-refractivity contribution < 1.29 is 55.1 Å². The lowest BCUT2D eigenvalue weighted by atomic mass is 10.0. The van der Waals surface area contributed by atoms with Crippen molar-refractivity contribution in [3.05, 3.63) is 229 Å². The molecule has 0 aliphatic rings. The van der Waals surface area contributed by atoms with E-state index in [0.717, 1.165) is 30.3 Å². The summed E-state index contributed by atoms with van der Waals surface area (Å²) < 4.78 is 226. The summed E-state index contributed by atoms with van der Waals surface area (Å²) in [5.41, 5.74) is 2.02. The fourth-order valence-corrected chi connectivity index (χ4v) is 11.1. The molecule has 7 aromatic rings. The van der Waals surface area contributed by atoms with Gasteiger partial charge in [-0.1, -0.05) is 235 Å². The van der Waals surface area contributed by atoms with Crippen molar-refractivity contribution in [2.75, 3.05) is 0 Å². The molecule has 0 spiro atoms. The number of aryl methyl sites for hydroxylation is 12. The molecule has 0 heterocycles. The van der Waals surface area contributed by atoms with Crippen LogP contribution in [0, 0.1) is 96.4 Å². The highest BCUT2D eigenvalue weighted by Crippen LogP contribution is 2.33. The van der Waals surface area contributed by atoms with Gasteiger partial charge in [-0.05, 0) is 154 Å². The number of hydrogen-bond donors (Lipinski definition) is 0. The minimum Gasteiger partial charge on any atom is -0.166 e. The zero-order chi connectivity index (χ0) is 76.2. The van der Waals surface area contributed by atoms with Gasteiger partial charge in [-0.15, -0.1) is 0 Å². The van der Waals surface area contributed by atoms with E-state index >= 15 is 0 Å². The van der Waals surface area contributed by atoms with Crippen LogP contribution in [0.2, 0.25) is 58.9 Å². The molecule has 7 rings (SSSR count). The number of halogens is 6. The molecule has 0 aromatic heterocycles. The summed E-state index contributed by atoms with van der Waals surface area (Å²) in [6, 6.07) is 38.8. The van der Waals surface area contributed by atoms with Crippen molar-refractivity contribution >= 4 is 39.8 Å². The van der Waals surface area contributed by atoms with E-state index in [1.807, 2.05) is 0 Å². The Morgan fingerprint density at radius 1 is 0.316 bits per heavy atom. The third-order valence-electron chi connectivity index (χ3n) is 11.4. The molecular formula is C67H92F6Si3. The predicted octanol–water partition coefficient (Wildman–Crippen LogP) is 19.8. The Hall–Kier alpha value is -5.23. The van der Waals surface area contributed by atoms with E-state index in [9.17, 15) is 26.3 Å². The third kappa shape index (κ3) is 25.7. The molecular weight excluding hydrogens is 1000 g/mol. The molecule has 0 saturated heterocycles. The molecule has 0 aliphatic carbocycles. The smallest absolute Gasteiger partial charge is 0.166 e. The molecule has 0 unspecified atom stereocenters. The van der Waals surface area contributed by atoms with Crippen molar-refractivity contribution in [1.82, 2.24) is 0 Å². The highest BCUT2D eigenvalue weighted by atomic mass is 28.3. The quantitative estimate of drug-likeness (QED) is 0.122. The van der Waals surface area contributed by atoms with E-state index in [2.05, 4.69) is 152 Å². The van der Waals surface area contributed by atoms with Crippen LogP contribution < -0.4 is 15.6 Å². The molecule has 0 atom stereocenters. The summed E-state index contributed by atoms with van der Waals surface area (Å²) in [5, 5.41) is 4.68. The molecule has 0 saturated carbocycles. The fourth-order valence-electron chi connectivity index (χ4n) is 6.81. The molecule has 7 aromatic carbocycles. The highest BCUT2D eigenvalue weighted by Gasteiger charge is 2.32. The van der Waals surface area contributed by atoms with Crippen LogP contribution in [0.15, 0.2) is 140 Å². The normalized spacial score (nSPS) is 16.5.